The van der Waals surface area contributed by atoms with Crippen molar-refractivity contribution in [1.82, 2.24) is 4.98 Å². The van der Waals surface area contributed by atoms with Crippen molar-refractivity contribution in [3.05, 3.63) is 22.8 Å². The number of rotatable bonds is 1. The van der Waals surface area contributed by atoms with E-state index < -0.39 is 11.7 Å². The fourth-order valence-electron chi connectivity index (χ4n) is 1.03. The number of pyridine rings is 1. The molecular formula is C11H15ClN2O2. The van der Waals surface area contributed by atoms with Crippen molar-refractivity contribution in [2.24, 2.45) is 0 Å². The van der Waals surface area contributed by atoms with Gasteiger partial charge in [-0.3, -0.25) is 5.32 Å². The van der Waals surface area contributed by atoms with Gasteiger partial charge in [0.2, 0.25) is 0 Å². The van der Waals surface area contributed by atoms with Crippen LogP contribution in [0.1, 0.15) is 26.3 Å². The van der Waals surface area contributed by atoms with E-state index in [9.17, 15) is 4.79 Å². The van der Waals surface area contributed by atoms with Gasteiger partial charge in [-0.1, -0.05) is 17.7 Å². The van der Waals surface area contributed by atoms with Gasteiger partial charge < -0.3 is 4.74 Å². The molecule has 1 aromatic heterocycles. The highest BCUT2D eigenvalue weighted by atomic mass is 35.5. The number of aryl methyl sites for hydroxylation is 1. The van der Waals surface area contributed by atoms with E-state index in [1.165, 1.54) is 0 Å². The van der Waals surface area contributed by atoms with E-state index >= 15 is 0 Å². The lowest BCUT2D eigenvalue weighted by Gasteiger charge is -2.19. The number of hydrogen-bond donors (Lipinski definition) is 1. The molecule has 0 atom stereocenters. The van der Waals surface area contributed by atoms with Crippen LogP contribution >= 0.6 is 11.6 Å². The zero-order valence-corrected chi connectivity index (χ0v) is 10.6. The quantitative estimate of drug-likeness (QED) is 0.768. The molecule has 0 spiro atoms. The van der Waals surface area contributed by atoms with Crippen molar-refractivity contribution in [3.63, 3.8) is 0 Å². The Morgan fingerprint density at radius 3 is 2.62 bits per heavy atom. The van der Waals surface area contributed by atoms with E-state index in [0.29, 0.717) is 11.0 Å². The van der Waals surface area contributed by atoms with E-state index in [-0.39, 0.29) is 0 Å². The molecule has 1 rings (SSSR count). The Morgan fingerprint density at radius 2 is 2.06 bits per heavy atom. The molecule has 0 saturated heterocycles. The third-order valence-electron chi connectivity index (χ3n) is 1.68. The van der Waals surface area contributed by atoms with Crippen molar-refractivity contribution in [3.8, 4) is 0 Å². The Labute approximate surface area is 100.0 Å². The first-order chi connectivity index (χ1) is 7.28. The molecule has 1 N–H and O–H groups in total. The second-order valence-electron chi connectivity index (χ2n) is 4.43. The summed E-state index contributed by atoms with van der Waals surface area (Å²) >= 11 is 5.73. The van der Waals surface area contributed by atoms with Crippen molar-refractivity contribution in [2.45, 2.75) is 33.3 Å². The molecule has 0 fully saturated rings. The molecule has 16 heavy (non-hydrogen) atoms. The zero-order valence-electron chi connectivity index (χ0n) is 9.80. The summed E-state index contributed by atoms with van der Waals surface area (Å²) in [6.45, 7) is 7.22. The van der Waals surface area contributed by atoms with Gasteiger partial charge in [0.15, 0.2) is 0 Å². The summed E-state index contributed by atoms with van der Waals surface area (Å²) in [6, 6.07) is 3.44. The summed E-state index contributed by atoms with van der Waals surface area (Å²) in [5.74, 6) is 0.418. The van der Waals surface area contributed by atoms with E-state index in [2.05, 4.69) is 10.3 Å². The lowest BCUT2D eigenvalue weighted by molar-refractivity contribution is 0.0635. The summed E-state index contributed by atoms with van der Waals surface area (Å²) in [7, 11) is 0. The fourth-order valence-corrected chi connectivity index (χ4v) is 1.18. The molecule has 1 heterocycles. The van der Waals surface area contributed by atoms with E-state index in [1.54, 1.807) is 32.9 Å². The molecule has 0 saturated carbocycles. The average molecular weight is 243 g/mol. The van der Waals surface area contributed by atoms with Crippen molar-refractivity contribution in [1.29, 1.82) is 0 Å². The third-order valence-corrected chi connectivity index (χ3v) is 1.89. The van der Waals surface area contributed by atoms with E-state index in [4.69, 9.17) is 16.3 Å². The highest BCUT2D eigenvalue weighted by molar-refractivity contribution is 6.29. The van der Waals surface area contributed by atoms with Crippen LogP contribution in [-0.2, 0) is 4.74 Å². The van der Waals surface area contributed by atoms with Gasteiger partial charge in [-0.15, -0.1) is 0 Å². The summed E-state index contributed by atoms with van der Waals surface area (Å²) in [4.78, 5) is 15.5. The maximum Gasteiger partial charge on any atom is 0.413 e. The first-order valence-electron chi connectivity index (χ1n) is 4.91. The SMILES string of the molecule is Cc1ccc(Cl)nc1NC(=O)OC(C)(C)C. The van der Waals surface area contributed by atoms with Gasteiger partial charge >= 0.3 is 6.09 Å². The minimum Gasteiger partial charge on any atom is -0.444 e. The third kappa shape index (κ3) is 4.06. The lowest BCUT2D eigenvalue weighted by Crippen LogP contribution is -2.27. The lowest BCUT2D eigenvalue weighted by atomic mass is 10.2. The number of amides is 1. The Bertz CT molecular complexity index is 399. The molecule has 1 aromatic rings. The first-order valence-corrected chi connectivity index (χ1v) is 5.29. The van der Waals surface area contributed by atoms with Gasteiger partial charge in [0.25, 0.3) is 0 Å². The highest BCUT2D eigenvalue weighted by Gasteiger charge is 2.17. The van der Waals surface area contributed by atoms with Crippen LogP contribution in [0.5, 0.6) is 0 Å². The molecule has 88 valence electrons. The molecule has 0 unspecified atom stereocenters. The summed E-state index contributed by atoms with van der Waals surface area (Å²) in [5, 5.41) is 2.88. The van der Waals surface area contributed by atoms with Crippen molar-refractivity contribution >= 4 is 23.5 Å². The number of carbonyl (C=O) groups is 1. The Balaban J connectivity index is 2.73. The van der Waals surface area contributed by atoms with Crippen LogP contribution in [0.15, 0.2) is 12.1 Å². The Morgan fingerprint density at radius 1 is 1.44 bits per heavy atom. The van der Waals surface area contributed by atoms with Crippen molar-refractivity contribution < 1.29 is 9.53 Å². The van der Waals surface area contributed by atoms with Gasteiger partial charge in [-0.05, 0) is 39.3 Å². The van der Waals surface area contributed by atoms with Crippen molar-refractivity contribution in [2.75, 3.05) is 5.32 Å². The maximum atomic E-state index is 11.5. The van der Waals surface area contributed by atoms with Crippen LogP contribution in [-0.4, -0.2) is 16.7 Å². The van der Waals surface area contributed by atoms with Gasteiger partial charge in [0, 0.05) is 0 Å². The first kappa shape index (κ1) is 12.8. The highest BCUT2D eigenvalue weighted by Crippen LogP contribution is 2.16. The predicted octanol–water partition coefficient (Wildman–Crippen LogP) is 3.39. The van der Waals surface area contributed by atoms with Gasteiger partial charge in [0.05, 0.1) is 0 Å². The number of hydrogen-bond acceptors (Lipinski definition) is 3. The average Bonchev–Trinajstić information content (AvgIpc) is 2.08. The molecule has 1 amide bonds. The molecular weight excluding hydrogens is 228 g/mol. The molecule has 0 aliphatic carbocycles. The number of carbonyl (C=O) groups excluding carboxylic acids is 1. The van der Waals surface area contributed by atoms with Crippen LogP contribution in [0.3, 0.4) is 0 Å². The number of nitrogens with one attached hydrogen (secondary N) is 1. The number of anilines is 1. The van der Waals surface area contributed by atoms with Gasteiger partial charge in [-0.25, -0.2) is 9.78 Å². The van der Waals surface area contributed by atoms with Crippen LogP contribution in [0.2, 0.25) is 5.15 Å². The Kier molecular flexibility index (Phi) is 3.75. The molecule has 0 aromatic carbocycles. The van der Waals surface area contributed by atoms with Crippen LogP contribution in [0, 0.1) is 6.92 Å². The Hall–Kier alpha value is -1.29. The normalized spacial score (nSPS) is 11.1. The summed E-state index contributed by atoms with van der Waals surface area (Å²) in [5.41, 5.74) is 0.298. The van der Waals surface area contributed by atoms with Crippen LogP contribution in [0.25, 0.3) is 0 Å². The standard InChI is InChI=1S/C11H15ClN2O2/c1-7-5-6-8(12)13-9(7)14-10(15)16-11(2,3)4/h5-6H,1-4H3,(H,13,14,15). The van der Waals surface area contributed by atoms with Gasteiger partial charge in [0.1, 0.15) is 16.6 Å². The number of aromatic nitrogens is 1. The monoisotopic (exact) mass is 242 g/mol. The summed E-state index contributed by atoms with van der Waals surface area (Å²) < 4.78 is 5.10. The molecule has 0 radical (unpaired) electrons. The molecule has 0 bridgehead atoms. The number of nitrogens with zero attached hydrogens (tertiary/aromatic N) is 1. The number of halogens is 1. The van der Waals surface area contributed by atoms with Crippen LogP contribution < -0.4 is 5.32 Å². The predicted molar refractivity (Wildman–Crippen MR) is 63.8 cm³/mol. The van der Waals surface area contributed by atoms with E-state index in [0.717, 1.165) is 5.56 Å². The topological polar surface area (TPSA) is 51.2 Å². The second kappa shape index (κ2) is 4.70. The number of ether oxygens (including phenoxy) is 1. The minimum atomic E-state index is -0.537. The second-order valence-corrected chi connectivity index (χ2v) is 4.81. The maximum absolute atomic E-state index is 11.5. The fraction of sp³-hybridized carbons (Fsp3) is 0.455. The molecule has 5 heteroatoms. The minimum absolute atomic E-state index is 0.330. The van der Waals surface area contributed by atoms with Gasteiger partial charge in [-0.2, -0.15) is 0 Å². The molecule has 0 aliphatic rings. The zero-order chi connectivity index (χ0) is 12.3. The largest absolute Gasteiger partial charge is 0.444 e. The smallest absolute Gasteiger partial charge is 0.413 e. The van der Waals surface area contributed by atoms with Crippen LogP contribution in [0.4, 0.5) is 10.6 Å². The molecule has 0 aliphatic heterocycles. The summed E-state index contributed by atoms with van der Waals surface area (Å²) in [6.07, 6.45) is -0.537. The molecule has 4 nitrogen and oxygen atoms in total. The van der Waals surface area contributed by atoms with E-state index in [1.807, 2.05) is 6.92 Å².